The standard InChI is InChI=1S/C25H20N2O3S.ClH/c1-16(25(29)30)18-5-4-6-20(13-18)27-24(28)23-14-19(15-31-23)22-8-3-2-7-21(22)17-9-11-26-12-10-17;/h2-16H,1H3,(H,27,28)(H,29,30);1H/t16-;/m1./s1. The van der Waals surface area contributed by atoms with E-state index in [-0.39, 0.29) is 18.3 Å². The van der Waals surface area contributed by atoms with Crippen LogP contribution in [-0.2, 0) is 4.79 Å². The molecule has 0 spiro atoms. The molecule has 1 amide bonds. The SMILES string of the molecule is C[C@@H](C(=O)O)c1cccc(NC(=O)c2cc(-c3ccccc3-c3ccncc3)cs2)c1.Cl. The van der Waals surface area contributed by atoms with Crippen LogP contribution in [0.2, 0.25) is 0 Å². The van der Waals surface area contributed by atoms with Crippen LogP contribution in [0, 0.1) is 0 Å². The zero-order chi connectivity index (χ0) is 21.8. The summed E-state index contributed by atoms with van der Waals surface area (Å²) in [4.78, 5) is 28.7. The first-order chi connectivity index (χ1) is 15.0. The van der Waals surface area contributed by atoms with E-state index < -0.39 is 11.9 Å². The molecule has 1 atom stereocenters. The molecule has 32 heavy (non-hydrogen) atoms. The number of aromatic nitrogens is 1. The second kappa shape index (κ2) is 10.2. The molecule has 7 heteroatoms. The van der Waals surface area contributed by atoms with Gasteiger partial charge in [-0.15, -0.1) is 23.7 Å². The minimum Gasteiger partial charge on any atom is -0.481 e. The minimum atomic E-state index is -0.903. The first-order valence-electron chi connectivity index (χ1n) is 9.75. The Morgan fingerprint density at radius 2 is 1.62 bits per heavy atom. The topological polar surface area (TPSA) is 79.3 Å². The molecule has 4 rings (SSSR count). The Labute approximate surface area is 196 Å². The largest absolute Gasteiger partial charge is 0.481 e. The number of rotatable bonds is 6. The lowest BCUT2D eigenvalue weighted by Gasteiger charge is -2.10. The molecule has 0 saturated carbocycles. The molecule has 0 fully saturated rings. The number of hydrogen-bond donors (Lipinski definition) is 2. The summed E-state index contributed by atoms with van der Waals surface area (Å²) in [7, 11) is 0. The summed E-state index contributed by atoms with van der Waals surface area (Å²) in [6.07, 6.45) is 3.52. The molecule has 2 aromatic carbocycles. The second-order valence-electron chi connectivity index (χ2n) is 7.12. The lowest BCUT2D eigenvalue weighted by atomic mass is 9.97. The average molecular weight is 465 g/mol. The van der Waals surface area contributed by atoms with E-state index in [1.165, 1.54) is 11.3 Å². The lowest BCUT2D eigenvalue weighted by molar-refractivity contribution is -0.138. The molecule has 0 radical (unpaired) electrons. The lowest BCUT2D eigenvalue weighted by Crippen LogP contribution is -2.12. The third kappa shape index (κ3) is 5.04. The smallest absolute Gasteiger partial charge is 0.310 e. The van der Waals surface area contributed by atoms with E-state index in [0.717, 1.165) is 22.3 Å². The molecular weight excluding hydrogens is 444 g/mol. The summed E-state index contributed by atoms with van der Waals surface area (Å²) in [5, 5.41) is 14.1. The van der Waals surface area contributed by atoms with Crippen molar-refractivity contribution in [1.29, 1.82) is 0 Å². The van der Waals surface area contributed by atoms with Crippen molar-refractivity contribution in [1.82, 2.24) is 4.98 Å². The Bertz CT molecular complexity index is 1240. The number of carbonyl (C=O) groups is 2. The number of aliphatic carboxylic acids is 1. The van der Waals surface area contributed by atoms with Gasteiger partial charge in [-0.3, -0.25) is 14.6 Å². The summed E-state index contributed by atoms with van der Waals surface area (Å²) in [5.41, 5.74) is 5.36. The van der Waals surface area contributed by atoms with Crippen LogP contribution in [0.5, 0.6) is 0 Å². The van der Waals surface area contributed by atoms with Crippen LogP contribution in [0.15, 0.2) is 84.5 Å². The maximum Gasteiger partial charge on any atom is 0.310 e. The highest BCUT2D eigenvalue weighted by Crippen LogP contribution is 2.34. The number of halogens is 1. The Morgan fingerprint density at radius 1 is 0.938 bits per heavy atom. The summed E-state index contributed by atoms with van der Waals surface area (Å²) >= 11 is 1.37. The first kappa shape index (κ1) is 23.2. The normalized spacial score (nSPS) is 11.3. The van der Waals surface area contributed by atoms with E-state index in [1.807, 2.05) is 41.8 Å². The molecular formula is C25H21ClN2O3S. The number of thiophene rings is 1. The van der Waals surface area contributed by atoms with E-state index >= 15 is 0 Å². The van der Waals surface area contributed by atoms with E-state index in [0.29, 0.717) is 16.1 Å². The molecule has 0 saturated heterocycles. The molecule has 2 aromatic heterocycles. The van der Waals surface area contributed by atoms with Gasteiger partial charge in [0.15, 0.2) is 0 Å². The maximum absolute atomic E-state index is 12.8. The monoisotopic (exact) mass is 464 g/mol. The predicted octanol–water partition coefficient (Wildman–Crippen LogP) is 6.34. The molecule has 2 N–H and O–H groups in total. The van der Waals surface area contributed by atoms with Crippen molar-refractivity contribution in [3.05, 3.63) is 94.9 Å². The van der Waals surface area contributed by atoms with Gasteiger partial charge in [-0.25, -0.2) is 0 Å². The van der Waals surface area contributed by atoms with Gasteiger partial charge < -0.3 is 10.4 Å². The van der Waals surface area contributed by atoms with Crippen LogP contribution >= 0.6 is 23.7 Å². The van der Waals surface area contributed by atoms with Gasteiger partial charge in [0.25, 0.3) is 5.91 Å². The summed E-state index contributed by atoms with van der Waals surface area (Å²) < 4.78 is 0. The quantitative estimate of drug-likeness (QED) is 0.349. The van der Waals surface area contributed by atoms with Crippen molar-refractivity contribution in [3.8, 4) is 22.3 Å². The fourth-order valence-corrected chi connectivity index (χ4v) is 4.14. The summed E-state index contributed by atoms with van der Waals surface area (Å²) in [6, 6.07) is 20.8. The highest BCUT2D eigenvalue weighted by atomic mass is 35.5. The number of hydrogen-bond acceptors (Lipinski definition) is 4. The number of carboxylic acids is 1. The second-order valence-corrected chi connectivity index (χ2v) is 8.03. The summed E-state index contributed by atoms with van der Waals surface area (Å²) in [6.45, 7) is 1.62. The van der Waals surface area contributed by atoms with Crippen molar-refractivity contribution in [2.24, 2.45) is 0 Å². The van der Waals surface area contributed by atoms with Crippen molar-refractivity contribution in [2.45, 2.75) is 12.8 Å². The van der Waals surface area contributed by atoms with Crippen molar-refractivity contribution >= 4 is 41.3 Å². The van der Waals surface area contributed by atoms with Gasteiger partial charge in [0.2, 0.25) is 0 Å². The highest BCUT2D eigenvalue weighted by molar-refractivity contribution is 7.12. The van der Waals surface area contributed by atoms with Crippen molar-refractivity contribution in [2.75, 3.05) is 5.32 Å². The van der Waals surface area contributed by atoms with E-state index in [9.17, 15) is 14.7 Å². The molecule has 0 aliphatic heterocycles. The Balaban J connectivity index is 0.00000289. The number of pyridine rings is 1. The zero-order valence-electron chi connectivity index (χ0n) is 17.2. The van der Waals surface area contributed by atoms with Crippen LogP contribution < -0.4 is 5.32 Å². The number of nitrogens with one attached hydrogen (secondary N) is 1. The number of carbonyl (C=O) groups excluding carboxylic acids is 1. The molecule has 5 nitrogen and oxygen atoms in total. The Hall–Kier alpha value is -3.48. The fourth-order valence-electron chi connectivity index (χ4n) is 3.34. The van der Waals surface area contributed by atoms with Crippen molar-refractivity contribution in [3.63, 3.8) is 0 Å². The molecule has 0 bridgehead atoms. The molecule has 0 unspecified atom stereocenters. The highest BCUT2D eigenvalue weighted by Gasteiger charge is 2.16. The maximum atomic E-state index is 12.8. The number of carboxylic acid groups (broad SMARTS) is 1. The van der Waals surface area contributed by atoms with Gasteiger partial charge >= 0.3 is 5.97 Å². The van der Waals surface area contributed by atoms with Gasteiger partial charge in [0.05, 0.1) is 10.8 Å². The zero-order valence-corrected chi connectivity index (χ0v) is 18.8. The van der Waals surface area contributed by atoms with Crippen molar-refractivity contribution < 1.29 is 14.7 Å². The van der Waals surface area contributed by atoms with Gasteiger partial charge in [-0.1, -0.05) is 36.4 Å². The van der Waals surface area contributed by atoms with E-state index in [1.54, 1.807) is 43.6 Å². The molecule has 4 aromatic rings. The number of benzene rings is 2. The third-order valence-electron chi connectivity index (χ3n) is 5.07. The van der Waals surface area contributed by atoms with Gasteiger partial charge in [0.1, 0.15) is 0 Å². The molecule has 2 heterocycles. The van der Waals surface area contributed by atoms with E-state index in [2.05, 4.69) is 16.4 Å². The fraction of sp³-hybridized carbons (Fsp3) is 0.0800. The van der Waals surface area contributed by atoms with Crippen LogP contribution in [0.1, 0.15) is 28.1 Å². The summed E-state index contributed by atoms with van der Waals surface area (Å²) in [5.74, 6) is -1.77. The van der Waals surface area contributed by atoms with Gasteiger partial charge in [-0.2, -0.15) is 0 Å². The van der Waals surface area contributed by atoms with Crippen LogP contribution in [0.3, 0.4) is 0 Å². The number of anilines is 1. The van der Waals surface area contributed by atoms with Crippen LogP contribution in [0.25, 0.3) is 22.3 Å². The molecule has 0 aliphatic carbocycles. The van der Waals surface area contributed by atoms with E-state index in [4.69, 9.17) is 0 Å². The number of nitrogens with zero attached hydrogens (tertiary/aromatic N) is 1. The van der Waals surface area contributed by atoms with Gasteiger partial charge in [0, 0.05) is 18.1 Å². The Kier molecular flexibility index (Phi) is 7.41. The average Bonchev–Trinajstić information content (AvgIpc) is 3.30. The predicted molar refractivity (Wildman–Crippen MR) is 131 cm³/mol. The van der Waals surface area contributed by atoms with Gasteiger partial charge in [-0.05, 0) is 70.5 Å². The Morgan fingerprint density at radius 3 is 2.31 bits per heavy atom. The number of amides is 1. The molecule has 0 aliphatic rings. The third-order valence-corrected chi connectivity index (χ3v) is 6.00. The molecule has 162 valence electrons. The first-order valence-corrected chi connectivity index (χ1v) is 10.6. The van der Waals surface area contributed by atoms with Crippen LogP contribution in [-0.4, -0.2) is 22.0 Å². The van der Waals surface area contributed by atoms with Crippen LogP contribution in [0.4, 0.5) is 5.69 Å². The minimum absolute atomic E-state index is 0.